The number of hydrogen-bond donors (Lipinski definition) is 2. The Labute approximate surface area is 96.8 Å². The molecule has 2 rings (SSSR count). The van der Waals surface area contributed by atoms with Crippen LogP contribution in [-0.2, 0) is 10.1 Å². The molecule has 0 amide bonds. The molecule has 2 aromatic heterocycles. The van der Waals surface area contributed by atoms with Gasteiger partial charge in [-0.2, -0.15) is 8.42 Å². The topological polar surface area (TPSA) is 83.0 Å². The molecule has 16 heavy (non-hydrogen) atoms. The van der Waals surface area contributed by atoms with Gasteiger partial charge >= 0.3 is 0 Å². The van der Waals surface area contributed by atoms with Crippen molar-refractivity contribution in [3.8, 4) is 11.3 Å². The highest BCUT2D eigenvalue weighted by molar-refractivity contribution is 7.85. The van der Waals surface area contributed by atoms with Gasteiger partial charge in [0.15, 0.2) is 0 Å². The van der Waals surface area contributed by atoms with E-state index in [9.17, 15) is 8.42 Å². The van der Waals surface area contributed by atoms with Gasteiger partial charge in [-0.1, -0.05) is 11.6 Å². The van der Waals surface area contributed by atoms with E-state index in [4.69, 9.17) is 16.2 Å². The molecular formula is C9H7ClN2O3S. The molecule has 0 unspecified atom stereocenters. The van der Waals surface area contributed by atoms with Crippen molar-refractivity contribution < 1.29 is 13.0 Å². The maximum Gasteiger partial charge on any atom is 0.296 e. The summed E-state index contributed by atoms with van der Waals surface area (Å²) in [6.07, 6.45) is 2.71. The third-order valence-electron chi connectivity index (χ3n) is 1.99. The molecule has 0 atom stereocenters. The number of aromatic amines is 1. The quantitative estimate of drug-likeness (QED) is 0.637. The zero-order valence-electron chi connectivity index (χ0n) is 7.88. The fourth-order valence-electron chi connectivity index (χ4n) is 1.26. The van der Waals surface area contributed by atoms with Crippen LogP contribution in [0.3, 0.4) is 0 Å². The Bertz CT molecular complexity index is 621. The zero-order chi connectivity index (χ0) is 11.8. The highest BCUT2D eigenvalue weighted by Crippen LogP contribution is 2.22. The van der Waals surface area contributed by atoms with Gasteiger partial charge in [0.05, 0.1) is 0 Å². The van der Waals surface area contributed by atoms with Crippen LogP contribution in [-0.4, -0.2) is 22.9 Å². The smallest absolute Gasteiger partial charge is 0.296 e. The van der Waals surface area contributed by atoms with Crippen molar-refractivity contribution in [3.05, 3.63) is 35.7 Å². The Morgan fingerprint density at radius 1 is 1.38 bits per heavy atom. The van der Waals surface area contributed by atoms with Crippen molar-refractivity contribution in [1.29, 1.82) is 0 Å². The second-order valence-electron chi connectivity index (χ2n) is 3.09. The highest BCUT2D eigenvalue weighted by atomic mass is 35.5. The third kappa shape index (κ3) is 2.24. The Kier molecular flexibility index (Phi) is 2.71. The van der Waals surface area contributed by atoms with E-state index in [1.165, 1.54) is 18.5 Å². The number of nitrogens with zero attached hydrogens (tertiary/aromatic N) is 1. The van der Waals surface area contributed by atoms with Crippen molar-refractivity contribution >= 4 is 21.7 Å². The van der Waals surface area contributed by atoms with E-state index >= 15 is 0 Å². The van der Waals surface area contributed by atoms with Gasteiger partial charge in [0.2, 0.25) is 0 Å². The highest BCUT2D eigenvalue weighted by Gasteiger charge is 2.12. The Morgan fingerprint density at radius 3 is 2.69 bits per heavy atom. The molecule has 0 aliphatic rings. The molecule has 0 bridgehead atoms. The fraction of sp³-hybridized carbons (Fsp3) is 0. The van der Waals surface area contributed by atoms with Gasteiger partial charge in [-0.05, 0) is 18.2 Å². The Balaban J connectivity index is 2.47. The second kappa shape index (κ2) is 3.89. The largest absolute Gasteiger partial charge is 0.360 e. The van der Waals surface area contributed by atoms with Gasteiger partial charge in [-0.15, -0.1) is 0 Å². The van der Waals surface area contributed by atoms with Crippen LogP contribution in [0.15, 0.2) is 35.5 Å². The summed E-state index contributed by atoms with van der Waals surface area (Å²) in [4.78, 5) is 6.35. The first-order valence-corrected chi connectivity index (χ1v) is 6.06. The molecule has 0 aromatic carbocycles. The summed E-state index contributed by atoms with van der Waals surface area (Å²) in [5, 5.41) is 0.306. The first-order chi connectivity index (χ1) is 7.47. The average Bonchev–Trinajstić information content (AvgIpc) is 2.65. The summed E-state index contributed by atoms with van der Waals surface area (Å²) in [5.41, 5.74) is 1.23. The monoisotopic (exact) mass is 258 g/mol. The molecule has 2 N–H and O–H groups in total. The van der Waals surface area contributed by atoms with E-state index in [0.717, 1.165) is 0 Å². The number of hydrogen-bond acceptors (Lipinski definition) is 3. The van der Waals surface area contributed by atoms with Crippen LogP contribution < -0.4 is 0 Å². The number of rotatable bonds is 2. The number of nitrogens with one attached hydrogen (secondary N) is 1. The van der Waals surface area contributed by atoms with Gasteiger partial charge in [-0.25, -0.2) is 4.98 Å². The van der Waals surface area contributed by atoms with Crippen molar-refractivity contribution in [2.45, 2.75) is 4.90 Å². The number of halogens is 1. The normalized spacial score (nSPS) is 11.6. The molecule has 7 heteroatoms. The second-order valence-corrected chi connectivity index (χ2v) is 4.90. The van der Waals surface area contributed by atoms with Gasteiger partial charge in [0, 0.05) is 23.7 Å². The summed E-state index contributed by atoms with van der Waals surface area (Å²) in [6.45, 7) is 0. The lowest BCUT2D eigenvalue weighted by Crippen LogP contribution is -1.94. The van der Waals surface area contributed by atoms with Crippen molar-refractivity contribution in [2.75, 3.05) is 0 Å². The summed E-state index contributed by atoms with van der Waals surface area (Å²) in [7, 11) is -4.18. The van der Waals surface area contributed by atoms with E-state index < -0.39 is 10.1 Å². The summed E-state index contributed by atoms with van der Waals surface area (Å²) in [5.74, 6) is 0. The van der Waals surface area contributed by atoms with Crippen LogP contribution >= 0.6 is 11.6 Å². The molecule has 0 aliphatic carbocycles. The van der Waals surface area contributed by atoms with Gasteiger partial charge in [-0.3, -0.25) is 4.55 Å². The molecule has 5 nitrogen and oxygen atoms in total. The SMILES string of the molecule is O=S(=O)(O)c1c[nH]c(-c2ccnc(Cl)c2)c1. The van der Waals surface area contributed by atoms with Crippen LogP contribution in [0, 0.1) is 0 Å². The summed E-state index contributed by atoms with van der Waals surface area (Å²) in [6, 6.07) is 4.58. The van der Waals surface area contributed by atoms with Crippen molar-refractivity contribution in [1.82, 2.24) is 9.97 Å². The molecule has 0 spiro atoms. The summed E-state index contributed by atoms with van der Waals surface area (Å²) < 4.78 is 30.5. The molecule has 0 saturated carbocycles. The van der Waals surface area contributed by atoms with Gasteiger partial charge < -0.3 is 4.98 Å². The Hall–Kier alpha value is -1.37. The van der Waals surface area contributed by atoms with Crippen LogP contribution in [0.25, 0.3) is 11.3 Å². The standard InChI is InChI=1S/C9H7ClN2O3S/c10-9-3-6(1-2-11-9)8-4-7(5-12-8)16(13,14)15/h1-5,12H,(H,13,14,15). The lowest BCUT2D eigenvalue weighted by molar-refractivity contribution is 0.483. The molecule has 84 valence electrons. The Morgan fingerprint density at radius 2 is 2.12 bits per heavy atom. The third-order valence-corrected chi connectivity index (χ3v) is 3.03. The van der Waals surface area contributed by atoms with E-state index in [1.54, 1.807) is 12.1 Å². The number of pyridine rings is 1. The van der Waals surface area contributed by atoms with Crippen LogP contribution in [0.2, 0.25) is 5.15 Å². The molecule has 0 aliphatic heterocycles. The van der Waals surface area contributed by atoms with Crippen LogP contribution in [0.4, 0.5) is 0 Å². The van der Waals surface area contributed by atoms with E-state index in [2.05, 4.69) is 9.97 Å². The first-order valence-electron chi connectivity index (χ1n) is 4.24. The predicted molar refractivity (Wildman–Crippen MR) is 58.8 cm³/mol. The maximum atomic E-state index is 10.8. The molecule has 0 fully saturated rings. The van der Waals surface area contributed by atoms with Crippen LogP contribution in [0.1, 0.15) is 0 Å². The zero-order valence-corrected chi connectivity index (χ0v) is 9.46. The van der Waals surface area contributed by atoms with E-state index in [0.29, 0.717) is 16.4 Å². The minimum atomic E-state index is -4.18. The molecule has 2 aromatic rings. The minimum absolute atomic E-state index is 0.185. The number of aromatic nitrogens is 2. The average molecular weight is 259 g/mol. The lowest BCUT2D eigenvalue weighted by atomic mass is 10.2. The van der Waals surface area contributed by atoms with E-state index in [-0.39, 0.29) is 4.90 Å². The van der Waals surface area contributed by atoms with Crippen molar-refractivity contribution in [2.24, 2.45) is 0 Å². The molecular weight excluding hydrogens is 252 g/mol. The van der Waals surface area contributed by atoms with E-state index in [1.807, 2.05) is 0 Å². The first kappa shape index (κ1) is 11.1. The molecule has 0 saturated heterocycles. The molecule has 0 radical (unpaired) electrons. The predicted octanol–water partition coefficient (Wildman–Crippen LogP) is 1.98. The van der Waals surface area contributed by atoms with Crippen LogP contribution in [0.5, 0.6) is 0 Å². The maximum absolute atomic E-state index is 10.8. The van der Waals surface area contributed by atoms with Gasteiger partial charge in [0.1, 0.15) is 10.0 Å². The van der Waals surface area contributed by atoms with Gasteiger partial charge in [0.25, 0.3) is 10.1 Å². The fourth-order valence-corrected chi connectivity index (χ4v) is 1.91. The lowest BCUT2D eigenvalue weighted by Gasteiger charge is -1.96. The summed E-state index contributed by atoms with van der Waals surface area (Å²) >= 11 is 5.70. The van der Waals surface area contributed by atoms with Crippen molar-refractivity contribution in [3.63, 3.8) is 0 Å². The number of H-pyrrole nitrogens is 1. The molecule has 2 heterocycles. The minimum Gasteiger partial charge on any atom is -0.360 e.